The van der Waals surface area contributed by atoms with E-state index in [9.17, 15) is 10.0 Å². The minimum atomic E-state index is -0.223. The topological polar surface area (TPSA) is 95.2 Å². The Morgan fingerprint density at radius 1 is 1.50 bits per heavy atom. The molecule has 14 heavy (non-hydrogen) atoms. The summed E-state index contributed by atoms with van der Waals surface area (Å²) in [6, 6.07) is 0. The maximum Gasteiger partial charge on any atom is 0.181 e. The number of nitrogens with one attached hydrogen (secondary N) is 1. The average Bonchev–Trinajstić information content (AvgIpc) is 2.20. The fourth-order valence-corrected chi connectivity index (χ4v) is 0.436. The first kappa shape index (κ1) is 12.8. The van der Waals surface area contributed by atoms with E-state index in [2.05, 4.69) is 9.95 Å². The third-order valence-corrected chi connectivity index (χ3v) is 0.940. The van der Waals surface area contributed by atoms with Crippen LogP contribution in [-0.2, 0) is 19.1 Å². The summed E-state index contributed by atoms with van der Waals surface area (Å²) in [6.45, 7) is 2.06. The second-order valence-corrected chi connectivity index (χ2v) is 1.93. The molecular formula is C6H13N3O5. The average molecular weight is 207 g/mol. The van der Waals surface area contributed by atoms with Gasteiger partial charge in [0.25, 0.3) is 0 Å². The standard InChI is InChI=1S/C6H13N3O5/c1-2-12-5-13-6-14-8-9(11)7-3-4-10/h4H,2-3,5-6H2,1H3,(H,7,8). The summed E-state index contributed by atoms with van der Waals surface area (Å²) in [7, 11) is 0. The summed E-state index contributed by atoms with van der Waals surface area (Å²) in [6.07, 6.45) is 0.484. The van der Waals surface area contributed by atoms with Gasteiger partial charge in [0.05, 0.1) is 4.97 Å². The Balaban J connectivity index is 3.22. The number of rotatable bonds is 9. The van der Waals surface area contributed by atoms with Crippen LogP contribution in [0.2, 0.25) is 0 Å². The zero-order valence-electron chi connectivity index (χ0n) is 7.84. The smallest absolute Gasteiger partial charge is 0.181 e. The number of hydrazine groups is 1. The highest BCUT2D eigenvalue weighted by Gasteiger charge is 1.93. The van der Waals surface area contributed by atoms with Crippen molar-refractivity contribution in [1.82, 2.24) is 5.59 Å². The number of nitrogens with zero attached hydrogens (tertiary/aromatic N) is 2. The zero-order chi connectivity index (χ0) is 10.6. The zero-order valence-corrected chi connectivity index (χ0v) is 7.84. The molecular weight excluding hydrogens is 194 g/mol. The molecule has 0 amide bonds. The molecule has 0 aliphatic carbocycles. The number of carbonyl (C=O) groups is 1. The summed E-state index contributed by atoms with van der Waals surface area (Å²) < 4.78 is 9.56. The van der Waals surface area contributed by atoms with Crippen LogP contribution in [-0.4, -0.2) is 38.0 Å². The molecule has 0 aromatic carbocycles. The second-order valence-electron chi connectivity index (χ2n) is 1.93. The second kappa shape index (κ2) is 9.84. The Hall–Kier alpha value is -1.25. The van der Waals surface area contributed by atoms with E-state index in [4.69, 9.17) is 9.47 Å². The first-order valence-electron chi connectivity index (χ1n) is 3.92. The van der Waals surface area contributed by atoms with E-state index in [0.717, 1.165) is 0 Å². The van der Waals surface area contributed by atoms with Crippen LogP contribution >= 0.6 is 0 Å². The van der Waals surface area contributed by atoms with Gasteiger partial charge in [-0.25, -0.2) is 0 Å². The van der Waals surface area contributed by atoms with Crippen molar-refractivity contribution in [3.8, 4) is 0 Å². The Morgan fingerprint density at radius 3 is 2.93 bits per heavy atom. The highest BCUT2D eigenvalue weighted by Crippen LogP contribution is 1.78. The highest BCUT2D eigenvalue weighted by molar-refractivity contribution is 5.51. The van der Waals surface area contributed by atoms with Crippen LogP contribution in [0.5, 0.6) is 0 Å². The van der Waals surface area contributed by atoms with Crippen LogP contribution in [0.25, 0.3) is 0 Å². The van der Waals surface area contributed by atoms with E-state index in [1.165, 1.54) is 0 Å². The van der Waals surface area contributed by atoms with Gasteiger partial charge < -0.3 is 19.5 Å². The summed E-state index contributed by atoms with van der Waals surface area (Å²) in [4.78, 5) is 14.3. The van der Waals surface area contributed by atoms with Crippen LogP contribution in [0.15, 0.2) is 5.11 Å². The molecule has 8 nitrogen and oxygen atoms in total. The van der Waals surface area contributed by atoms with Crippen molar-refractivity contribution in [1.29, 1.82) is 0 Å². The SMILES string of the molecule is CCOCOCON[N+]([O-])=NCC=O. The van der Waals surface area contributed by atoms with E-state index in [-0.39, 0.29) is 25.1 Å². The number of carbonyl (C=O) groups excluding carboxylic acids is 1. The van der Waals surface area contributed by atoms with Crippen molar-refractivity contribution in [2.45, 2.75) is 6.92 Å². The van der Waals surface area contributed by atoms with Crippen molar-refractivity contribution in [2.24, 2.45) is 5.11 Å². The largest absolute Gasteiger partial charge is 0.570 e. The Kier molecular flexibility index (Phi) is 8.96. The molecule has 0 aromatic heterocycles. The molecule has 0 saturated carbocycles. The lowest BCUT2D eigenvalue weighted by molar-refractivity contribution is -0.648. The first-order valence-corrected chi connectivity index (χ1v) is 3.92. The van der Waals surface area contributed by atoms with Gasteiger partial charge in [-0.2, -0.15) is 4.84 Å². The van der Waals surface area contributed by atoms with Crippen molar-refractivity contribution in [2.75, 3.05) is 26.7 Å². The van der Waals surface area contributed by atoms with Gasteiger partial charge in [-0.05, 0) is 12.5 Å². The van der Waals surface area contributed by atoms with E-state index in [1.807, 2.05) is 12.5 Å². The van der Waals surface area contributed by atoms with Crippen LogP contribution in [0.1, 0.15) is 6.92 Å². The van der Waals surface area contributed by atoms with Crippen LogP contribution < -0.4 is 5.59 Å². The molecule has 0 saturated heterocycles. The predicted molar refractivity (Wildman–Crippen MR) is 43.7 cm³/mol. The van der Waals surface area contributed by atoms with Gasteiger partial charge in [-0.3, -0.25) is 0 Å². The lowest BCUT2D eigenvalue weighted by Gasteiger charge is -2.03. The van der Waals surface area contributed by atoms with Gasteiger partial charge in [0.2, 0.25) is 0 Å². The maximum atomic E-state index is 10.6. The lowest BCUT2D eigenvalue weighted by atomic mass is 10.8. The predicted octanol–water partition coefficient (Wildman–Crippen LogP) is -0.448. The Morgan fingerprint density at radius 2 is 2.29 bits per heavy atom. The molecule has 0 unspecified atom stereocenters. The fourth-order valence-electron chi connectivity index (χ4n) is 0.436. The monoisotopic (exact) mass is 207 g/mol. The van der Waals surface area contributed by atoms with E-state index >= 15 is 0 Å². The molecule has 0 heterocycles. The van der Waals surface area contributed by atoms with Gasteiger partial charge in [0.1, 0.15) is 13.1 Å². The first-order chi connectivity index (χ1) is 6.81. The molecule has 0 radical (unpaired) electrons. The third kappa shape index (κ3) is 8.84. The summed E-state index contributed by atoms with van der Waals surface area (Å²) >= 11 is 0. The number of hydrogen-bond donors (Lipinski definition) is 1. The summed E-state index contributed by atoms with van der Waals surface area (Å²) in [5, 5.41) is 13.7. The van der Waals surface area contributed by atoms with Crippen LogP contribution in [0.4, 0.5) is 0 Å². The van der Waals surface area contributed by atoms with Crippen molar-refractivity contribution >= 4 is 6.29 Å². The van der Waals surface area contributed by atoms with Crippen molar-refractivity contribution in [3.63, 3.8) is 0 Å². The Bertz CT molecular complexity index is 175. The van der Waals surface area contributed by atoms with Gasteiger partial charge >= 0.3 is 0 Å². The number of ether oxygens (including phenoxy) is 2. The molecule has 0 aliphatic rings. The minimum Gasteiger partial charge on any atom is -0.570 e. The summed E-state index contributed by atoms with van der Waals surface area (Å²) in [5.74, 6) is 0. The van der Waals surface area contributed by atoms with E-state index < -0.39 is 0 Å². The lowest BCUT2D eigenvalue weighted by Crippen LogP contribution is -2.25. The van der Waals surface area contributed by atoms with Gasteiger partial charge in [-0.1, -0.05) is 0 Å². The normalized spacial score (nSPS) is 11.4. The molecule has 0 atom stereocenters. The fraction of sp³-hybridized carbons (Fsp3) is 0.833. The Labute approximate surface area is 80.9 Å². The number of hydrogen-bond acceptors (Lipinski definition) is 6. The molecule has 1 N–H and O–H groups in total. The molecule has 0 fully saturated rings. The quantitative estimate of drug-likeness (QED) is 0.137. The molecule has 0 rings (SSSR count). The molecule has 8 heteroatoms. The van der Waals surface area contributed by atoms with Crippen LogP contribution in [0.3, 0.4) is 0 Å². The van der Waals surface area contributed by atoms with Gasteiger partial charge in [0.15, 0.2) is 13.3 Å². The van der Waals surface area contributed by atoms with E-state index in [0.29, 0.717) is 12.9 Å². The third-order valence-electron chi connectivity index (χ3n) is 0.940. The molecule has 0 bridgehead atoms. The summed E-state index contributed by atoms with van der Waals surface area (Å²) in [5.41, 5.74) is 1.87. The highest BCUT2D eigenvalue weighted by atomic mass is 16.8. The molecule has 0 spiro atoms. The van der Waals surface area contributed by atoms with Crippen LogP contribution in [0, 0.1) is 5.21 Å². The molecule has 0 aliphatic heterocycles. The molecule has 0 aromatic rings. The van der Waals surface area contributed by atoms with Gasteiger partial charge in [-0.15, -0.1) is 0 Å². The van der Waals surface area contributed by atoms with Crippen molar-refractivity contribution in [3.05, 3.63) is 5.21 Å². The number of aldehydes is 1. The minimum absolute atomic E-state index is 0.0262. The molecule has 82 valence electrons. The van der Waals surface area contributed by atoms with Crippen molar-refractivity contribution < 1.29 is 24.1 Å². The maximum absolute atomic E-state index is 10.6. The van der Waals surface area contributed by atoms with E-state index in [1.54, 1.807) is 0 Å². The van der Waals surface area contributed by atoms with Gasteiger partial charge in [0, 0.05) is 11.7 Å².